The van der Waals surface area contributed by atoms with E-state index in [4.69, 9.17) is 10.7 Å². The topological polar surface area (TPSA) is 74.5 Å². The molecule has 3 N–H and O–H groups in total. The fourth-order valence-electron chi connectivity index (χ4n) is 3.12. The minimum atomic E-state index is 0.0570. The van der Waals surface area contributed by atoms with Gasteiger partial charge in [-0.2, -0.15) is 0 Å². The number of fused-ring (bicyclic) bond motifs is 2. The van der Waals surface area contributed by atoms with Crippen LogP contribution in [0.4, 0.5) is 16.3 Å². The van der Waals surface area contributed by atoms with Gasteiger partial charge in [0.15, 0.2) is 0 Å². The highest BCUT2D eigenvalue weighted by Crippen LogP contribution is 2.23. The minimum Gasteiger partial charge on any atom is -0.399 e. The van der Waals surface area contributed by atoms with Gasteiger partial charge in [0.1, 0.15) is 5.82 Å². The monoisotopic (exact) mass is 283 g/mol. The fraction of sp³-hybridized carbons (Fsp3) is 0.333. The Morgan fingerprint density at radius 3 is 3.05 bits per heavy atom. The molecule has 0 bridgehead atoms. The largest absolute Gasteiger partial charge is 0.399 e. The number of nitrogens with two attached hydrogens (primary N) is 1. The van der Waals surface area contributed by atoms with E-state index in [1.54, 1.807) is 0 Å². The molecule has 0 radical (unpaired) electrons. The zero-order valence-corrected chi connectivity index (χ0v) is 11.6. The molecule has 2 fully saturated rings. The van der Waals surface area contributed by atoms with Crippen LogP contribution in [-0.2, 0) is 0 Å². The van der Waals surface area contributed by atoms with E-state index in [-0.39, 0.29) is 12.1 Å². The van der Waals surface area contributed by atoms with E-state index in [1.165, 1.54) is 0 Å². The highest BCUT2D eigenvalue weighted by atomic mass is 16.2. The molecule has 2 saturated heterocycles. The third kappa shape index (κ3) is 2.03. The van der Waals surface area contributed by atoms with E-state index >= 15 is 0 Å². The molecule has 108 valence electrons. The van der Waals surface area contributed by atoms with Gasteiger partial charge >= 0.3 is 6.03 Å². The third-order valence-electron chi connectivity index (χ3n) is 4.26. The van der Waals surface area contributed by atoms with Crippen LogP contribution in [0, 0.1) is 0 Å². The van der Waals surface area contributed by atoms with Crippen molar-refractivity contribution in [3.8, 4) is 0 Å². The number of nitrogens with one attached hydrogen (secondary N) is 1. The molecular weight excluding hydrogens is 266 g/mol. The van der Waals surface area contributed by atoms with E-state index in [0.29, 0.717) is 0 Å². The van der Waals surface area contributed by atoms with Crippen LogP contribution >= 0.6 is 0 Å². The molecule has 0 spiro atoms. The smallest absolute Gasteiger partial charge is 0.317 e. The standard InChI is InChI=1S/C15H17N5O/c16-11-2-3-13-10(7-11)1-4-14(18-13)19-5-6-20-12(9-19)8-17-15(20)21/h1-4,7,12H,5-6,8-9,16H2,(H,17,21). The molecule has 1 aromatic carbocycles. The lowest BCUT2D eigenvalue weighted by atomic mass is 10.1. The van der Waals surface area contributed by atoms with Gasteiger partial charge in [0.25, 0.3) is 0 Å². The van der Waals surface area contributed by atoms with Crippen molar-refractivity contribution < 1.29 is 4.79 Å². The van der Waals surface area contributed by atoms with Crippen molar-refractivity contribution >= 4 is 28.4 Å². The first-order chi connectivity index (χ1) is 10.2. The lowest BCUT2D eigenvalue weighted by Gasteiger charge is -2.37. The maximum Gasteiger partial charge on any atom is 0.317 e. The van der Waals surface area contributed by atoms with Crippen LogP contribution in [0.2, 0.25) is 0 Å². The van der Waals surface area contributed by atoms with Crippen LogP contribution < -0.4 is 16.0 Å². The molecule has 0 aliphatic carbocycles. The van der Waals surface area contributed by atoms with Gasteiger partial charge in [-0.25, -0.2) is 9.78 Å². The van der Waals surface area contributed by atoms with Crippen LogP contribution in [0.25, 0.3) is 10.9 Å². The van der Waals surface area contributed by atoms with E-state index in [0.717, 1.165) is 48.6 Å². The Hall–Kier alpha value is -2.50. The van der Waals surface area contributed by atoms with Crippen molar-refractivity contribution in [2.45, 2.75) is 6.04 Å². The number of carbonyl (C=O) groups excluding carboxylic acids is 1. The molecule has 6 nitrogen and oxygen atoms in total. The summed E-state index contributed by atoms with van der Waals surface area (Å²) in [7, 11) is 0. The van der Waals surface area contributed by atoms with Crippen LogP contribution in [0.1, 0.15) is 0 Å². The van der Waals surface area contributed by atoms with Crippen molar-refractivity contribution in [2.24, 2.45) is 0 Å². The average molecular weight is 283 g/mol. The number of amides is 2. The molecule has 0 saturated carbocycles. The summed E-state index contributed by atoms with van der Waals surface area (Å²) in [5.41, 5.74) is 7.49. The maximum atomic E-state index is 11.6. The average Bonchev–Trinajstić information content (AvgIpc) is 2.87. The fourth-order valence-corrected chi connectivity index (χ4v) is 3.12. The zero-order valence-electron chi connectivity index (χ0n) is 11.6. The summed E-state index contributed by atoms with van der Waals surface area (Å²) in [6.07, 6.45) is 0. The van der Waals surface area contributed by atoms with Gasteiger partial charge in [-0.3, -0.25) is 0 Å². The zero-order chi connectivity index (χ0) is 14.4. The molecule has 4 rings (SSSR count). The highest BCUT2D eigenvalue weighted by molar-refractivity contribution is 5.83. The molecule has 2 aliphatic rings. The number of urea groups is 1. The van der Waals surface area contributed by atoms with E-state index in [2.05, 4.69) is 16.3 Å². The minimum absolute atomic E-state index is 0.0570. The Kier molecular flexibility index (Phi) is 2.63. The quantitative estimate of drug-likeness (QED) is 0.767. The van der Waals surface area contributed by atoms with Crippen LogP contribution in [-0.4, -0.2) is 48.1 Å². The number of benzene rings is 1. The Morgan fingerprint density at radius 1 is 1.24 bits per heavy atom. The van der Waals surface area contributed by atoms with E-state index in [9.17, 15) is 4.79 Å². The first-order valence-corrected chi connectivity index (χ1v) is 7.16. The number of nitrogen functional groups attached to an aromatic ring is 1. The Balaban J connectivity index is 1.62. The number of anilines is 2. The number of hydrogen-bond donors (Lipinski definition) is 2. The molecule has 2 aliphatic heterocycles. The second-order valence-corrected chi connectivity index (χ2v) is 5.60. The molecule has 21 heavy (non-hydrogen) atoms. The number of nitrogens with zero attached hydrogens (tertiary/aromatic N) is 3. The highest BCUT2D eigenvalue weighted by Gasteiger charge is 2.35. The first kappa shape index (κ1) is 12.3. The van der Waals surface area contributed by atoms with E-state index < -0.39 is 0 Å². The van der Waals surface area contributed by atoms with Crippen molar-refractivity contribution in [3.05, 3.63) is 30.3 Å². The lowest BCUT2D eigenvalue weighted by Crippen LogP contribution is -2.52. The number of piperazine rings is 1. The SMILES string of the molecule is Nc1ccc2nc(N3CCN4C(=O)NCC4C3)ccc2c1. The van der Waals surface area contributed by atoms with Gasteiger partial charge in [-0.1, -0.05) is 0 Å². The van der Waals surface area contributed by atoms with Gasteiger partial charge in [0.05, 0.1) is 11.6 Å². The molecule has 1 unspecified atom stereocenters. The number of carbonyl (C=O) groups is 1. The predicted octanol–water partition coefficient (Wildman–Crippen LogP) is 1.03. The van der Waals surface area contributed by atoms with Crippen LogP contribution in [0.15, 0.2) is 30.3 Å². The summed E-state index contributed by atoms with van der Waals surface area (Å²) >= 11 is 0. The Morgan fingerprint density at radius 2 is 2.14 bits per heavy atom. The normalized spacial score (nSPS) is 21.5. The number of pyridine rings is 1. The molecule has 2 aromatic rings. The lowest BCUT2D eigenvalue weighted by molar-refractivity contribution is 0.197. The predicted molar refractivity (Wildman–Crippen MR) is 82.3 cm³/mol. The van der Waals surface area contributed by atoms with Crippen LogP contribution in [0.5, 0.6) is 0 Å². The number of hydrogen-bond acceptors (Lipinski definition) is 4. The van der Waals surface area contributed by atoms with Gasteiger partial charge in [0.2, 0.25) is 0 Å². The van der Waals surface area contributed by atoms with Crippen molar-refractivity contribution in [1.29, 1.82) is 0 Å². The van der Waals surface area contributed by atoms with Crippen molar-refractivity contribution in [2.75, 3.05) is 36.8 Å². The molecule has 6 heteroatoms. The molecule has 2 amide bonds. The maximum absolute atomic E-state index is 11.6. The molecule has 1 atom stereocenters. The van der Waals surface area contributed by atoms with Crippen LogP contribution in [0.3, 0.4) is 0 Å². The summed E-state index contributed by atoms with van der Waals surface area (Å²) in [6.45, 7) is 3.11. The third-order valence-corrected chi connectivity index (χ3v) is 4.26. The Bertz CT molecular complexity index is 716. The van der Waals surface area contributed by atoms with Gasteiger partial charge in [-0.15, -0.1) is 0 Å². The summed E-state index contributed by atoms with van der Waals surface area (Å²) in [5.74, 6) is 0.964. The van der Waals surface area contributed by atoms with Crippen molar-refractivity contribution in [1.82, 2.24) is 15.2 Å². The Labute approximate surface area is 122 Å². The van der Waals surface area contributed by atoms with E-state index in [1.807, 2.05) is 29.2 Å². The second kappa shape index (κ2) is 4.51. The molecular formula is C15H17N5O. The van der Waals surface area contributed by atoms with Gasteiger partial charge in [-0.05, 0) is 30.3 Å². The first-order valence-electron chi connectivity index (χ1n) is 7.16. The second-order valence-electron chi connectivity index (χ2n) is 5.60. The number of rotatable bonds is 1. The molecule has 3 heterocycles. The van der Waals surface area contributed by atoms with Crippen molar-refractivity contribution in [3.63, 3.8) is 0 Å². The van der Waals surface area contributed by atoms with Gasteiger partial charge in [0, 0.05) is 37.3 Å². The summed E-state index contributed by atoms with van der Waals surface area (Å²) < 4.78 is 0. The summed E-state index contributed by atoms with van der Waals surface area (Å²) in [6, 6.07) is 10.1. The van der Waals surface area contributed by atoms with Gasteiger partial charge < -0.3 is 20.9 Å². The summed E-state index contributed by atoms with van der Waals surface area (Å²) in [5, 5.41) is 3.95. The number of aromatic nitrogens is 1. The summed E-state index contributed by atoms with van der Waals surface area (Å²) in [4.78, 5) is 20.5. The molecule has 1 aromatic heterocycles.